The van der Waals surface area contributed by atoms with Gasteiger partial charge in [-0.05, 0) is 13.3 Å². The van der Waals surface area contributed by atoms with E-state index < -0.39 is 67.6 Å². The summed E-state index contributed by atoms with van der Waals surface area (Å²) in [6.45, 7) is 3.11. The Morgan fingerprint density at radius 3 is 1.76 bits per heavy atom. The van der Waals surface area contributed by atoms with Crippen LogP contribution < -0.4 is 0 Å². The average Bonchev–Trinajstić information content (AvgIpc) is 2.56. The van der Waals surface area contributed by atoms with E-state index in [1.54, 1.807) is 0 Å². The highest BCUT2D eigenvalue weighted by Gasteiger charge is 2.87. The van der Waals surface area contributed by atoms with Gasteiger partial charge in [0.25, 0.3) is 0 Å². The van der Waals surface area contributed by atoms with Gasteiger partial charge in [0.15, 0.2) is 0 Å². The van der Waals surface area contributed by atoms with Gasteiger partial charge >= 0.3 is 42.0 Å². The zero-order valence-corrected chi connectivity index (χ0v) is 14.3. The molecule has 0 heterocycles. The maximum atomic E-state index is 13.5. The second-order valence-corrected chi connectivity index (χ2v) is 5.92. The summed E-state index contributed by atoms with van der Waals surface area (Å²) in [6, 6.07) is 0. The van der Waals surface area contributed by atoms with Crippen LogP contribution in [-0.2, 0) is 9.53 Å². The van der Waals surface area contributed by atoms with Gasteiger partial charge in [-0.15, -0.1) is 0 Å². The number of ether oxygens (including phenoxy) is 1. The minimum atomic E-state index is -7.61. The van der Waals surface area contributed by atoms with Crippen molar-refractivity contribution in [3.8, 4) is 0 Å². The number of esters is 1. The van der Waals surface area contributed by atoms with E-state index in [4.69, 9.17) is 0 Å². The first kappa shape index (κ1) is 27.3. The van der Waals surface area contributed by atoms with E-state index in [-0.39, 0.29) is 5.57 Å². The third-order valence-electron chi connectivity index (χ3n) is 3.49. The molecule has 0 radical (unpaired) electrons. The first-order valence-electron chi connectivity index (χ1n) is 7.34. The number of hydrogen-bond donors (Lipinski definition) is 1. The lowest BCUT2D eigenvalue weighted by atomic mass is 9.92. The predicted molar refractivity (Wildman–Crippen MR) is 71.8 cm³/mol. The Bertz CT molecular complexity index is 603. The number of hydrogen-bond acceptors (Lipinski definition) is 3. The molecule has 0 saturated heterocycles. The first-order valence-corrected chi connectivity index (χ1v) is 7.34. The number of aliphatic hydroxyl groups excluding tert-OH is 1. The van der Waals surface area contributed by atoms with Gasteiger partial charge in [0.1, 0.15) is 6.61 Å². The summed E-state index contributed by atoms with van der Waals surface area (Å²) >= 11 is 0. The van der Waals surface area contributed by atoms with E-state index in [9.17, 15) is 62.6 Å². The van der Waals surface area contributed by atoms with Crippen molar-refractivity contribution in [3.63, 3.8) is 0 Å². The molecule has 15 heteroatoms. The smallest absolute Gasteiger partial charge is 0.384 e. The van der Waals surface area contributed by atoms with Crippen LogP contribution in [0.5, 0.6) is 0 Å². The predicted octanol–water partition coefficient (Wildman–Crippen LogP) is 4.69. The van der Waals surface area contributed by atoms with Gasteiger partial charge in [0.05, 0.1) is 6.10 Å². The Labute approximate surface area is 155 Å². The summed E-state index contributed by atoms with van der Waals surface area (Å²) in [5.41, 5.74) is -0.226. The van der Waals surface area contributed by atoms with Crippen molar-refractivity contribution in [2.45, 2.75) is 61.9 Å². The van der Waals surface area contributed by atoms with Crippen LogP contribution in [0.2, 0.25) is 0 Å². The molecule has 1 atom stereocenters. The summed E-state index contributed by atoms with van der Waals surface area (Å²) in [5, 5.41) is 9.23. The summed E-state index contributed by atoms with van der Waals surface area (Å²) < 4.78 is 160. The largest absolute Gasteiger partial charge is 0.460 e. The van der Waals surface area contributed by atoms with Crippen LogP contribution in [0.1, 0.15) is 19.8 Å². The fraction of sp³-hybridized carbons (Fsp3) is 0.786. The fourth-order valence-corrected chi connectivity index (χ4v) is 1.66. The van der Waals surface area contributed by atoms with Gasteiger partial charge in [-0.25, -0.2) is 13.6 Å². The van der Waals surface area contributed by atoms with Gasteiger partial charge in [0, 0.05) is 12.0 Å². The standard InChI is InChI=1S/C14H14F12O3/c1-6(2)8(28)29-5-7(27)3-4-10(17,18)12(21,22)14(25,26)13(23,24)11(19,20)9(15)16/h7,9,27H,1,3-5H2,2H3. The minimum absolute atomic E-state index is 0.226. The summed E-state index contributed by atoms with van der Waals surface area (Å²) in [5.74, 6) is -36.8. The maximum Gasteiger partial charge on any atom is 0.384 e. The van der Waals surface area contributed by atoms with E-state index in [0.29, 0.717) is 0 Å². The SMILES string of the molecule is C=C(C)C(=O)OCC(O)CCC(F)(F)C(F)(F)C(F)(F)C(F)(F)C(F)(F)C(F)F. The molecule has 1 N–H and O–H groups in total. The molecular formula is C14H14F12O3. The van der Waals surface area contributed by atoms with Crippen molar-refractivity contribution in [1.82, 2.24) is 0 Å². The molecular weight excluding hydrogens is 444 g/mol. The molecule has 0 spiro atoms. The Hall–Kier alpha value is -1.67. The molecule has 0 fully saturated rings. The molecule has 0 saturated carbocycles. The first-order chi connectivity index (χ1) is 12.7. The van der Waals surface area contributed by atoms with E-state index in [1.165, 1.54) is 0 Å². The normalized spacial score (nSPS) is 15.4. The Morgan fingerprint density at radius 2 is 1.38 bits per heavy atom. The van der Waals surface area contributed by atoms with E-state index in [1.807, 2.05) is 0 Å². The molecule has 3 nitrogen and oxygen atoms in total. The van der Waals surface area contributed by atoms with Gasteiger partial charge in [0.2, 0.25) is 0 Å². The third kappa shape index (κ3) is 5.09. The third-order valence-corrected chi connectivity index (χ3v) is 3.49. The lowest BCUT2D eigenvalue weighted by Gasteiger charge is -2.39. The minimum Gasteiger partial charge on any atom is -0.460 e. The van der Waals surface area contributed by atoms with Crippen molar-refractivity contribution in [2.75, 3.05) is 6.61 Å². The molecule has 0 aliphatic carbocycles. The maximum absolute atomic E-state index is 13.5. The van der Waals surface area contributed by atoms with Crippen LogP contribution in [0.3, 0.4) is 0 Å². The quantitative estimate of drug-likeness (QED) is 0.278. The molecule has 0 aromatic rings. The highest BCUT2D eigenvalue weighted by molar-refractivity contribution is 5.86. The molecule has 0 amide bonds. The Kier molecular flexibility index (Phi) is 8.10. The van der Waals surface area contributed by atoms with Crippen molar-refractivity contribution in [3.05, 3.63) is 12.2 Å². The van der Waals surface area contributed by atoms with Crippen molar-refractivity contribution in [1.29, 1.82) is 0 Å². The molecule has 0 aliphatic heterocycles. The van der Waals surface area contributed by atoms with Crippen molar-refractivity contribution in [2.24, 2.45) is 0 Å². The molecule has 29 heavy (non-hydrogen) atoms. The molecule has 0 aromatic heterocycles. The van der Waals surface area contributed by atoms with Crippen LogP contribution in [0.15, 0.2) is 12.2 Å². The second-order valence-electron chi connectivity index (χ2n) is 5.92. The lowest BCUT2D eigenvalue weighted by molar-refractivity contribution is -0.413. The van der Waals surface area contributed by atoms with Crippen LogP contribution in [-0.4, -0.2) is 59.8 Å². The van der Waals surface area contributed by atoms with E-state index >= 15 is 0 Å². The van der Waals surface area contributed by atoms with Gasteiger partial charge in [-0.3, -0.25) is 0 Å². The summed E-state index contributed by atoms with van der Waals surface area (Å²) in [4.78, 5) is 11.0. The number of rotatable bonds is 11. The monoisotopic (exact) mass is 458 g/mol. The average molecular weight is 458 g/mol. The van der Waals surface area contributed by atoms with Gasteiger partial charge < -0.3 is 9.84 Å². The van der Waals surface area contributed by atoms with Crippen molar-refractivity contribution < 1.29 is 67.3 Å². The lowest BCUT2D eigenvalue weighted by Crippen LogP contribution is -2.68. The van der Waals surface area contributed by atoms with E-state index in [0.717, 1.165) is 6.92 Å². The van der Waals surface area contributed by atoms with Crippen molar-refractivity contribution >= 4 is 5.97 Å². The highest BCUT2D eigenvalue weighted by Crippen LogP contribution is 2.58. The number of alkyl halides is 12. The van der Waals surface area contributed by atoms with Gasteiger partial charge in [-0.2, -0.15) is 43.9 Å². The molecule has 0 aliphatic rings. The molecule has 0 bridgehead atoms. The Morgan fingerprint density at radius 1 is 0.931 bits per heavy atom. The highest BCUT2D eigenvalue weighted by atomic mass is 19.4. The topological polar surface area (TPSA) is 46.5 Å². The number of aliphatic hydroxyl groups is 1. The number of carbonyl (C=O) groups excluding carboxylic acids is 1. The van der Waals surface area contributed by atoms with Crippen LogP contribution in [0.25, 0.3) is 0 Å². The molecule has 0 aromatic carbocycles. The molecule has 1 unspecified atom stereocenters. The van der Waals surface area contributed by atoms with Gasteiger partial charge in [-0.1, -0.05) is 6.58 Å². The van der Waals surface area contributed by atoms with Crippen LogP contribution in [0.4, 0.5) is 52.7 Å². The molecule has 172 valence electrons. The Balaban J connectivity index is 5.48. The van der Waals surface area contributed by atoms with E-state index in [2.05, 4.69) is 11.3 Å². The summed E-state index contributed by atoms with van der Waals surface area (Å²) in [7, 11) is 0. The summed E-state index contributed by atoms with van der Waals surface area (Å²) in [6.07, 6.45) is -11.8. The molecule has 0 rings (SSSR count). The van der Waals surface area contributed by atoms with Crippen LogP contribution in [0, 0.1) is 0 Å². The number of halogens is 12. The fourth-order valence-electron chi connectivity index (χ4n) is 1.66. The number of carbonyl (C=O) groups is 1. The zero-order chi connectivity index (χ0) is 23.6. The second kappa shape index (κ2) is 8.60. The van der Waals surface area contributed by atoms with Crippen LogP contribution >= 0.6 is 0 Å². The zero-order valence-electron chi connectivity index (χ0n) is 14.3.